The Morgan fingerprint density at radius 3 is 2.61 bits per heavy atom. The van der Waals surface area contributed by atoms with E-state index in [9.17, 15) is 18.0 Å². The van der Waals surface area contributed by atoms with Gasteiger partial charge in [0.15, 0.2) is 0 Å². The molecule has 23 heavy (non-hydrogen) atoms. The van der Waals surface area contributed by atoms with E-state index >= 15 is 0 Å². The highest BCUT2D eigenvalue weighted by Crippen LogP contribution is 2.26. The van der Waals surface area contributed by atoms with Gasteiger partial charge in [0.1, 0.15) is 0 Å². The van der Waals surface area contributed by atoms with E-state index in [0.717, 1.165) is 16.2 Å². The number of rotatable bonds is 8. The molecule has 0 aliphatic heterocycles. The Morgan fingerprint density at radius 1 is 1.26 bits per heavy atom. The minimum atomic E-state index is -4.07. The number of amides is 1. The number of halogens is 3. The average Bonchev–Trinajstić information content (AvgIpc) is 2.48. The number of alkyl halides is 3. The highest BCUT2D eigenvalue weighted by Gasteiger charge is 2.25. The number of thioether (sulfide) groups is 1. The summed E-state index contributed by atoms with van der Waals surface area (Å²) in [6.45, 7) is 0. The topological polar surface area (TPSA) is 40.5 Å². The number of carbonyl (C=O) groups excluding carboxylic acids is 1. The molecular weight excluding hydrogens is 327 g/mol. The van der Waals surface area contributed by atoms with Gasteiger partial charge in [0, 0.05) is 24.4 Å². The molecule has 0 heterocycles. The predicted octanol–water partition coefficient (Wildman–Crippen LogP) is 4.76. The Hall–Kier alpha value is -1.47. The lowest BCUT2D eigenvalue weighted by Crippen LogP contribution is -2.19. The number of hydroxylamine groups is 2. The molecule has 1 rings (SSSR count). The van der Waals surface area contributed by atoms with E-state index < -0.39 is 18.5 Å². The van der Waals surface area contributed by atoms with Gasteiger partial charge in [-0.05, 0) is 36.3 Å². The molecule has 1 N–H and O–H groups in total. The third-order valence-corrected chi connectivity index (χ3v) is 4.18. The summed E-state index contributed by atoms with van der Waals surface area (Å²) in [5.41, 5.74) is 0.836. The molecule has 7 heteroatoms. The lowest BCUT2D eigenvalue weighted by Gasteiger charge is -2.08. The normalized spacial score (nSPS) is 11.9. The highest BCUT2D eigenvalue weighted by atomic mass is 32.2. The van der Waals surface area contributed by atoms with Crippen LogP contribution in [0.4, 0.5) is 13.2 Å². The highest BCUT2D eigenvalue weighted by molar-refractivity contribution is 7.99. The quantitative estimate of drug-likeness (QED) is 0.242. The first-order valence-corrected chi connectivity index (χ1v) is 8.21. The second-order valence-corrected chi connectivity index (χ2v) is 6.14. The van der Waals surface area contributed by atoms with Gasteiger partial charge in [-0.3, -0.25) is 10.0 Å². The zero-order chi connectivity index (χ0) is 17.3. The van der Waals surface area contributed by atoms with Crippen molar-refractivity contribution in [1.29, 1.82) is 0 Å². The van der Waals surface area contributed by atoms with Crippen LogP contribution >= 0.6 is 11.8 Å². The van der Waals surface area contributed by atoms with E-state index in [1.165, 1.54) is 13.1 Å². The van der Waals surface area contributed by atoms with Gasteiger partial charge >= 0.3 is 6.18 Å². The number of unbranched alkanes of at least 4 members (excludes halogenated alkanes) is 2. The maximum Gasteiger partial charge on any atom is 0.389 e. The molecule has 0 spiro atoms. The first-order valence-electron chi connectivity index (χ1n) is 7.23. The van der Waals surface area contributed by atoms with E-state index in [4.69, 9.17) is 5.21 Å². The van der Waals surface area contributed by atoms with Gasteiger partial charge in [-0.2, -0.15) is 13.2 Å². The van der Waals surface area contributed by atoms with Crippen LogP contribution in [0.2, 0.25) is 0 Å². The zero-order valence-electron chi connectivity index (χ0n) is 12.8. The maximum atomic E-state index is 12.0. The summed E-state index contributed by atoms with van der Waals surface area (Å²) in [6, 6.07) is 7.43. The minimum absolute atomic E-state index is 0.156. The van der Waals surface area contributed by atoms with Crippen LogP contribution in [0, 0.1) is 0 Å². The molecular formula is C16H20F3NO2S. The first kappa shape index (κ1) is 19.6. The maximum absolute atomic E-state index is 12.0. The molecule has 0 fully saturated rings. The van der Waals surface area contributed by atoms with Crippen LogP contribution in [-0.4, -0.2) is 35.2 Å². The predicted molar refractivity (Wildman–Crippen MR) is 85.3 cm³/mol. The second-order valence-electron chi connectivity index (χ2n) is 5.01. The molecule has 0 aliphatic carbocycles. The Kier molecular flexibility index (Phi) is 8.19. The molecule has 0 aliphatic rings. The number of benzene rings is 1. The fourth-order valence-corrected chi connectivity index (χ4v) is 2.85. The van der Waals surface area contributed by atoms with Crippen LogP contribution in [0.15, 0.2) is 35.2 Å². The molecule has 0 aromatic heterocycles. The van der Waals surface area contributed by atoms with Crippen molar-refractivity contribution in [3.63, 3.8) is 0 Å². The Balaban J connectivity index is 2.44. The first-order chi connectivity index (χ1) is 10.8. The van der Waals surface area contributed by atoms with Crippen molar-refractivity contribution >= 4 is 23.7 Å². The van der Waals surface area contributed by atoms with E-state index in [0.29, 0.717) is 17.9 Å². The monoisotopic (exact) mass is 347 g/mol. The van der Waals surface area contributed by atoms with Gasteiger partial charge in [0.05, 0.1) is 0 Å². The van der Waals surface area contributed by atoms with Crippen molar-refractivity contribution in [3.05, 3.63) is 35.9 Å². The van der Waals surface area contributed by atoms with Crippen molar-refractivity contribution in [2.24, 2.45) is 0 Å². The van der Waals surface area contributed by atoms with Crippen LogP contribution in [0.5, 0.6) is 0 Å². The summed E-state index contributed by atoms with van der Waals surface area (Å²) < 4.78 is 36.1. The molecule has 1 amide bonds. The fourth-order valence-electron chi connectivity index (χ4n) is 1.81. The molecule has 0 saturated carbocycles. The number of carbonyl (C=O) groups is 1. The van der Waals surface area contributed by atoms with E-state index in [2.05, 4.69) is 0 Å². The van der Waals surface area contributed by atoms with Crippen molar-refractivity contribution in [3.8, 4) is 0 Å². The van der Waals surface area contributed by atoms with Crippen molar-refractivity contribution in [2.75, 3.05) is 12.8 Å². The van der Waals surface area contributed by atoms with Crippen LogP contribution in [-0.2, 0) is 4.79 Å². The lowest BCUT2D eigenvalue weighted by molar-refractivity contribution is -0.153. The molecule has 128 valence electrons. The molecule has 3 nitrogen and oxygen atoms in total. The summed E-state index contributed by atoms with van der Waals surface area (Å²) in [6.07, 6.45) is -0.521. The van der Waals surface area contributed by atoms with Gasteiger partial charge in [0.25, 0.3) is 5.91 Å². The summed E-state index contributed by atoms with van der Waals surface area (Å²) in [5, 5.41) is 9.49. The van der Waals surface area contributed by atoms with Gasteiger partial charge in [-0.1, -0.05) is 24.6 Å². The Bertz CT molecular complexity index is 530. The molecule has 0 radical (unpaired) electrons. The van der Waals surface area contributed by atoms with Crippen molar-refractivity contribution in [2.45, 2.75) is 36.8 Å². The Morgan fingerprint density at radius 2 is 1.96 bits per heavy atom. The van der Waals surface area contributed by atoms with Crippen molar-refractivity contribution in [1.82, 2.24) is 5.06 Å². The molecule has 0 unspecified atom stereocenters. The van der Waals surface area contributed by atoms with E-state index in [-0.39, 0.29) is 6.42 Å². The van der Waals surface area contributed by atoms with E-state index in [1.807, 2.05) is 24.3 Å². The number of hydrogen-bond acceptors (Lipinski definition) is 3. The molecule has 0 atom stereocenters. The third kappa shape index (κ3) is 8.66. The van der Waals surface area contributed by atoms with Crippen LogP contribution in [0.1, 0.15) is 31.2 Å². The molecule has 0 saturated heterocycles. The largest absolute Gasteiger partial charge is 0.389 e. The Labute approximate surface area is 138 Å². The number of likely N-dealkylation sites (N-methyl/N-ethyl adjacent to an activating group) is 1. The average molecular weight is 347 g/mol. The summed E-state index contributed by atoms with van der Waals surface area (Å²) in [4.78, 5) is 12.3. The number of nitrogens with zero attached hydrogens (tertiary/aromatic N) is 1. The van der Waals surface area contributed by atoms with Crippen LogP contribution in [0.25, 0.3) is 6.08 Å². The van der Waals surface area contributed by atoms with Crippen molar-refractivity contribution < 1.29 is 23.2 Å². The summed E-state index contributed by atoms with van der Waals surface area (Å²) >= 11 is 1.55. The lowest BCUT2D eigenvalue weighted by atomic mass is 10.2. The summed E-state index contributed by atoms with van der Waals surface area (Å²) in [5.74, 6) is 0.188. The molecule has 0 bridgehead atoms. The fraction of sp³-hybridized carbons (Fsp3) is 0.438. The van der Waals surface area contributed by atoms with E-state index in [1.54, 1.807) is 17.8 Å². The minimum Gasteiger partial charge on any atom is -0.286 e. The smallest absolute Gasteiger partial charge is 0.286 e. The SMILES string of the molecule is CN(O)C(=O)/C=C/c1ccccc1SCCCCCC(F)(F)F. The number of hydrogen-bond donors (Lipinski definition) is 1. The van der Waals surface area contributed by atoms with Gasteiger partial charge in [-0.15, -0.1) is 11.8 Å². The summed E-state index contributed by atoms with van der Waals surface area (Å²) in [7, 11) is 1.24. The molecule has 1 aromatic rings. The van der Waals surface area contributed by atoms with Crippen LogP contribution < -0.4 is 0 Å². The van der Waals surface area contributed by atoms with Crippen LogP contribution in [0.3, 0.4) is 0 Å². The van der Waals surface area contributed by atoms with Gasteiger partial charge in [-0.25, -0.2) is 5.06 Å². The zero-order valence-corrected chi connectivity index (χ0v) is 13.7. The molecule has 1 aromatic carbocycles. The standard InChI is InChI=1S/C16H20F3NO2S/c1-20(22)15(21)10-9-13-7-3-4-8-14(13)23-12-6-2-5-11-16(17,18)19/h3-4,7-10,22H,2,5-6,11-12H2,1H3/b10-9+. The van der Waals surface area contributed by atoms with Gasteiger partial charge in [0.2, 0.25) is 0 Å². The second kappa shape index (κ2) is 9.62. The van der Waals surface area contributed by atoms with Gasteiger partial charge < -0.3 is 0 Å². The third-order valence-electron chi connectivity index (χ3n) is 3.01.